The van der Waals surface area contributed by atoms with Gasteiger partial charge < -0.3 is 10.4 Å². The molecular formula is C16H20N2O3S. The number of benzene rings is 1. The van der Waals surface area contributed by atoms with Gasteiger partial charge >= 0.3 is 5.97 Å². The number of thiazole rings is 1. The summed E-state index contributed by atoms with van der Waals surface area (Å²) >= 11 is 1.65. The van der Waals surface area contributed by atoms with Crippen molar-refractivity contribution in [3.63, 3.8) is 0 Å². The molecule has 0 saturated heterocycles. The van der Waals surface area contributed by atoms with Gasteiger partial charge in [0.15, 0.2) is 0 Å². The molecule has 0 atom stereocenters. The van der Waals surface area contributed by atoms with Crippen LogP contribution in [0.3, 0.4) is 0 Å². The standard InChI is InChI=1S/C16H20N2O3S/c1-16(2,15(20)21)10-17-13(19)8-5-9-14-18-11-6-3-4-7-12(11)22-14/h3-4,6-7H,5,8-10H2,1-2H3,(H,17,19)(H,20,21). The number of hydrogen-bond acceptors (Lipinski definition) is 4. The molecule has 118 valence electrons. The first-order chi connectivity index (χ1) is 10.4. The number of aromatic nitrogens is 1. The van der Waals surface area contributed by atoms with Gasteiger partial charge in [0.1, 0.15) is 0 Å². The number of rotatable bonds is 7. The van der Waals surface area contributed by atoms with E-state index in [1.807, 2.05) is 24.3 Å². The maximum atomic E-state index is 11.8. The smallest absolute Gasteiger partial charge is 0.310 e. The number of nitrogens with one attached hydrogen (secondary N) is 1. The van der Waals surface area contributed by atoms with Gasteiger partial charge in [-0.2, -0.15) is 0 Å². The number of aliphatic carboxylic acids is 1. The molecule has 1 aromatic carbocycles. The van der Waals surface area contributed by atoms with Gasteiger partial charge in [-0.3, -0.25) is 9.59 Å². The summed E-state index contributed by atoms with van der Waals surface area (Å²) in [5, 5.41) is 12.7. The molecule has 0 saturated carbocycles. The first-order valence-corrected chi connectivity index (χ1v) is 8.05. The zero-order chi connectivity index (χ0) is 16.2. The Morgan fingerprint density at radius 2 is 2.05 bits per heavy atom. The molecule has 0 spiro atoms. The Hall–Kier alpha value is -1.95. The third-order valence-electron chi connectivity index (χ3n) is 3.44. The van der Waals surface area contributed by atoms with E-state index in [-0.39, 0.29) is 12.5 Å². The summed E-state index contributed by atoms with van der Waals surface area (Å²) in [6.07, 6.45) is 1.85. The van der Waals surface area contributed by atoms with Gasteiger partial charge in [0.05, 0.1) is 20.6 Å². The minimum Gasteiger partial charge on any atom is -0.481 e. The van der Waals surface area contributed by atoms with Crippen LogP contribution in [-0.2, 0) is 16.0 Å². The van der Waals surface area contributed by atoms with Gasteiger partial charge in [-0.15, -0.1) is 11.3 Å². The number of carbonyl (C=O) groups is 2. The van der Waals surface area contributed by atoms with Crippen molar-refractivity contribution in [2.24, 2.45) is 5.41 Å². The fourth-order valence-corrected chi connectivity index (χ4v) is 2.92. The lowest BCUT2D eigenvalue weighted by molar-refractivity contribution is -0.146. The lowest BCUT2D eigenvalue weighted by Crippen LogP contribution is -2.38. The van der Waals surface area contributed by atoms with Crippen LogP contribution in [0.1, 0.15) is 31.7 Å². The normalized spacial score (nSPS) is 11.5. The monoisotopic (exact) mass is 320 g/mol. The molecule has 5 nitrogen and oxygen atoms in total. The summed E-state index contributed by atoms with van der Waals surface area (Å²) in [4.78, 5) is 27.2. The van der Waals surface area contributed by atoms with E-state index in [4.69, 9.17) is 5.11 Å². The van der Waals surface area contributed by atoms with Crippen molar-refractivity contribution in [1.82, 2.24) is 10.3 Å². The van der Waals surface area contributed by atoms with Crippen molar-refractivity contribution in [1.29, 1.82) is 0 Å². The van der Waals surface area contributed by atoms with Crippen LogP contribution < -0.4 is 5.32 Å². The summed E-state index contributed by atoms with van der Waals surface area (Å²) < 4.78 is 1.16. The molecule has 0 fully saturated rings. The number of hydrogen-bond donors (Lipinski definition) is 2. The largest absolute Gasteiger partial charge is 0.481 e. The van der Waals surface area contributed by atoms with E-state index < -0.39 is 11.4 Å². The number of carbonyl (C=O) groups excluding carboxylic acids is 1. The highest BCUT2D eigenvalue weighted by molar-refractivity contribution is 7.18. The summed E-state index contributed by atoms with van der Waals surface area (Å²) in [6, 6.07) is 7.97. The number of nitrogens with zero attached hydrogens (tertiary/aromatic N) is 1. The summed E-state index contributed by atoms with van der Waals surface area (Å²) in [7, 11) is 0. The van der Waals surface area contributed by atoms with Crippen LogP contribution >= 0.6 is 11.3 Å². The van der Waals surface area contributed by atoms with Crippen LogP contribution in [0.15, 0.2) is 24.3 Å². The number of para-hydroxylation sites is 1. The third kappa shape index (κ3) is 4.27. The predicted molar refractivity (Wildman–Crippen MR) is 87.0 cm³/mol. The third-order valence-corrected chi connectivity index (χ3v) is 4.54. The minimum absolute atomic E-state index is 0.115. The van der Waals surface area contributed by atoms with Gasteiger partial charge in [-0.1, -0.05) is 12.1 Å². The van der Waals surface area contributed by atoms with Crippen LogP contribution in [0.2, 0.25) is 0 Å². The molecule has 0 unspecified atom stereocenters. The molecule has 0 aliphatic carbocycles. The second-order valence-corrected chi connectivity index (χ2v) is 7.01. The highest BCUT2D eigenvalue weighted by atomic mass is 32.1. The topological polar surface area (TPSA) is 79.3 Å². The van der Waals surface area contributed by atoms with Crippen LogP contribution in [0.5, 0.6) is 0 Å². The van der Waals surface area contributed by atoms with Crippen LogP contribution in [-0.4, -0.2) is 28.5 Å². The molecule has 1 amide bonds. The van der Waals surface area contributed by atoms with Crippen LogP contribution in [0.4, 0.5) is 0 Å². The van der Waals surface area contributed by atoms with Crippen molar-refractivity contribution < 1.29 is 14.7 Å². The van der Waals surface area contributed by atoms with E-state index in [1.165, 1.54) is 0 Å². The maximum Gasteiger partial charge on any atom is 0.310 e. The van der Waals surface area contributed by atoms with Crippen molar-refractivity contribution in [2.75, 3.05) is 6.54 Å². The second kappa shape index (κ2) is 6.87. The molecule has 0 aliphatic rings. The van der Waals surface area contributed by atoms with Crippen molar-refractivity contribution in [3.05, 3.63) is 29.3 Å². The van der Waals surface area contributed by atoms with Crippen molar-refractivity contribution in [3.8, 4) is 0 Å². The highest BCUT2D eigenvalue weighted by Gasteiger charge is 2.27. The average Bonchev–Trinajstić information content (AvgIpc) is 2.87. The molecule has 2 aromatic rings. The number of fused-ring (bicyclic) bond motifs is 1. The zero-order valence-corrected chi connectivity index (χ0v) is 13.6. The molecule has 6 heteroatoms. The molecule has 0 aliphatic heterocycles. The van der Waals surface area contributed by atoms with E-state index in [2.05, 4.69) is 10.3 Å². The Bertz CT molecular complexity index is 646. The van der Waals surface area contributed by atoms with Gasteiger partial charge in [-0.05, 0) is 38.8 Å². The van der Waals surface area contributed by atoms with Crippen LogP contribution in [0, 0.1) is 5.41 Å². The fraction of sp³-hybridized carbons (Fsp3) is 0.438. The molecule has 2 rings (SSSR count). The Labute approximate surface area is 133 Å². The van der Waals surface area contributed by atoms with Crippen molar-refractivity contribution in [2.45, 2.75) is 33.1 Å². The SMILES string of the molecule is CC(C)(CNC(=O)CCCc1nc2ccccc2s1)C(=O)O. The summed E-state index contributed by atoms with van der Waals surface area (Å²) in [5.74, 6) is -1.03. The Balaban J connectivity index is 1.76. The molecule has 1 aromatic heterocycles. The van der Waals surface area contributed by atoms with Gasteiger partial charge in [0.25, 0.3) is 0 Å². The molecule has 1 heterocycles. The van der Waals surface area contributed by atoms with Gasteiger partial charge in [0, 0.05) is 13.0 Å². The first-order valence-electron chi connectivity index (χ1n) is 7.23. The molecule has 0 radical (unpaired) electrons. The number of carboxylic acids is 1. The quantitative estimate of drug-likeness (QED) is 0.822. The number of aryl methyl sites for hydroxylation is 1. The predicted octanol–water partition coefficient (Wildman–Crippen LogP) is 2.85. The van der Waals surface area contributed by atoms with E-state index in [9.17, 15) is 9.59 Å². The number of amides is 1. The molecule has 2 N–H and O–H groups in total. The lowest BCUT2D eigenvalue weighted by Gasteiger charge is -2.19. The second-order valence-electron chi connectivity index (χ2n) is 5.89. The van der Waals surface area contributed by atoms with E-state index in [0.29, 0.717) is 12.8 Å². The van der Waals surface area contributed by atoms with Gasteiger partial charge in [0.2, 0.25) is 5.91 Å². The molecular weight excluding hydrogens is 300 g/mol. The van der Waals surface area contributed by atoms with E-state index >= 15 is 0 Å². The molecule has 0 bridgehead atoms. The summed E-state index contributed by atoms with van der Waals surface area (Å²) in [5.41, 5.74) is 0.0537. The Kier molecular flexibility index (Phi) is 5.13. The zero-order valence-electron chi connectivity index (χ0n) is 12.8. The van der Waals surface area contributed by atoms with E-state index in [0.717, 1.165) is 21.6 Å². The maximum absolute atomic E-state index is 11.8. The van der Waals surface area contributed by atoms with Crippen molar-refractivity contribution >= 4 is 33.4 Å². The number of carboxylic acid groups (broad SMARTS) is 1. The average molecular weight is 320 g/mol. The Morgan fingerprint density at radius 3 is 2.73 bits per heavy atom. The Morgan fingerprint density at radius 1 is 1.32 bits per heavy atom. The molecule has 22 heavy (non-hydrogen) atoms. The highest BCUT2D eigenvalue weighted by Crippen LogP contribution is 2.22. The van der Waals surface area contributed by atoms with E-state index in [1.54, 1.807) is 25.2 Å². The lowest BCUT2D eigenvalue weighted by atomic mass is 9.94. The fourth-order valence-electron chi connectivity index (χ4n) is 1.91. The van der Waals surface area contributed by atoms with Gasteiger partial charge in [-0.25, -0.2) is 4.98 Å². The summed E-state index contributed by atoms with van der Waals surface area (Å²) in [6.45, 7) is 3.33. The first kappa shape index (κ1) is 16.4. The van der Waals surface area contributed by atoms with Crippen LogP contribution in [0.25, 0.3) is 10.2 Å². The minimum atomic E-state index is -0.942.